The van der Waals surface area contributed by atoms with Gasteiger partial charge in [0.15, 0.2) is 27.1 Å². The molecule has 0 unspecified atom stereocenters. The van der Waals surface area contributed by atoms with Gasteiger partial charge in [-0.25, -0.2) is 5.01 Å². The Kier molecular flexibility index (Phi) is 1.15. The van der Waals surface area contributed by atoms with Crippen LogP contribution < -0.4 is 0 Å². The van der Waals surface area contributed by atoms with E-state index in [1.54, 1.807) is 17.4 Å². The first kappa shape index (κ1) is 5.21. The molecule has 2 aliphatic rings. The molecule has 0 amide bonds. The number of halogens is 1. The van der Waals surface area contributed by atoms with Crippen LogP contribution in [0.5, 0.6) is 0 Å². The van der Waals surface area contributed by atoms with Gasteiger partial charge in [-0.2, -0.15) is 3.21 Å². The highest BCUT2D eigenvalue weighted by molar-refractivity contribution is 14.1. The third kappa shape index (κ3) is 0.805. The van der Waals surface area contributed by atoms with Crippen molar-refractivity contribution >= 4 is 33.4 Å². The monoisotopic (exact) mass is 234 g/mol. The molecule has 2 heterocycles. The Labute approximate surface area is 62.5 Å². The molecule has 0 aromatic carbocycles. The van der Waals surface area contributed by atoms with Crippen LogP contribution in [0.3, 0.4) is 0 Å². The standard InChI is InChI=1S/C4H3IN4/c1-2-9-4(3-6-1)7-5-8-9/h1-3H. The van der Waals surface area contributed by atoms with Crippen LogP contribution in [-0.4, -0.2) is 17.1 Å². The van der Waals surface area contributed by atoms with E-state index in [0.717, 1.165) is 5.84 Å². The number of hydrogen-bond donors (Lipinski definition) is 0. The Hall–Kier alpha value is -0.590. The molecule has 0 aromatic rings. The summed E-state index contributed by atoms with van der Waals surface area (Å²) in [5, 5.41) is 1.76. The van der Waals surface area contributed by atoms with Crippen molar-refractivity contribution in [2.45, 2.75) is 0 Å². The molecule has 0 aromatic heterocycles. The molecule has 0 saturated heterocycles. The van der Waals surface area contributed by atoms with Crippen molar-refractivity contribution in [1.82, 2.24) is 5.01 Å². The lowest BCUT2D eigenvalue weighted by molar-refractivity contribution is 0.634. The summed E-state index contributed by atoms with van der Waals surface area (Å²) in [6.07, 6.45) is 5.24. The van der Waals surface area contributed by atoms with E-state index in [4.69, 9.17) is 0 Å². The molecule has 0 saturated carbocycles. The largest absolute Gasteiger partial charge is 0.259 e. The quantitative estimate of drug-likeness (QED) is 0.581. The van der Waals surface area contributed by atoms with Crippen molar-refractivity contribution in [2.24, 2.45) is 11.5 Å². The fourth-order valence-corrected chi connectivity index (χ4v) is 1.80. The van der Waals surface area contributed by atoms with E-state index in [2.05, 4.69) is 11.5 Å². The molecule has 0 radical (unpaired) electrons. The fraction of sp³-hybridized carbons (Fsp3) is 0. The smallest absolute Gasteiger partial charge is 0.179 e. The second-order valence-electron chi connectivity index (χ2n) is 1.51. The van der Waals surface area contributed by atoms with Gasteiger partial charge >= 0.3 is 0 Å². The second kappa shape index (κ2) is 1.98. The molecule has 0 N–H and O–H groups in total. The van der Waals surface area contributed by atoms with Crippen molar-refractivity contribution in [3.63, 3.8) is 0 Å². The predicted octanol–water partition coefficient (Wildman–Crippen LogP) is 1.24. The minimum atomic E-state index is -0.315. The average Bonchev–Trinajstić information content (AvgIpc) is 2.33. The zero-order valence-electron chi connectivity index (χ0n) is 4.40. The van der Waals surface area contributed by atoms with Crippen LogP contribution >= 0.6 is 21.3 Å². The van der Waals surface area contributed by atoms with Crippen molar-refractivity contribution < 1.29 is 0 Å². The Morgan fingerprint density at radius 2 is 2.56 bits per heavy atom. The Bertz CT molecular complexity index is 239. The molecule has 0 spiro atoms. The van der Waals surface area contributed by atoms with Gasteiger partial charge in [0.25, 0.3) is 0 Å². The normalized spacial score (nSPS) is 21.3. The van der Waals surface area contributed by atoms with Gasteiger partial charge in [0.2, 0.25) is 0 Å². The molecule has 9 heavy (non-hydrogen) atoms. The second-order valence-corrected chi connectivity index (χ2v) is 2.86. The van der Waals surface area contributed by atoms with E-state index in [1.807, 2.05) is 6.20 Å². The summed E-state index contributed by atoms with van der Waals surface area (Å²) < 4.78 is 8.26. The first-order valence-electron chi connectivity index (χ1n) is 2.38. The third-order valence-electron chi connectivity index (χ3n) is 0.958. The minimum absolute atomic E-state index is 0.315. The molecule has 2 aliphatic heterocycles. The van der Waals surface area contributed by atoms with Crippen LogP contribution in [0.25, 0.3) is 0 Å². The molecule has 0 bridgehead atoms. The van der Waals surface area contributed by atoms with Gasteiger partial charge in [0.05, 0.1) is 6.21 Å². The molecule has 5 heteroatoms. The van der Waals surface area contributed by atoms with Gasteiger partial charge in [-0.15, -0.1) is 3.25 Å². The van der Waals surface area contributed by atoms with Crippen LogP contribution in [-0.2, 0) is 0 Å². The first-order valence-corrected chi connectivity index (χ1v) is 4.31. The van der Waals surface area contributed by atoms with Crippen LogP contribution in [0.4, 0.5) is 0 Å². The lowest BCUT2D eigenvalue weighted by Gasteiger charge is -2.07. The predicted molar refractivity (Wildman–Crippen MR) is 43.4 cm³/mol. The van der Waals surface area contributed by atoms with E-state index < -0.39 is 0 Å². The summed E-state index contributed by atoms with van der Waals surface area (Å²) in [5.41, 5.74) is 0. The van der Waals surface area contributed by atoms with Crippen LogP contribution in [0.1, 0.15) is 0 Å². The Balaban J connectivity index is 2.40. The van der Waals surface area contributed by atoms with E-state index in [-0.39, 0.29) is 21.3 Å². The van der Waals surface area contributed by atoms with E-state index in [0.29, 0.717) is 0 Å². The van der Waals surface area contributed by atoms with Gasteiger partial charge in [0.1, 0.15) is 0 Å². The molecule has 2 rings (SSSR count). The Morgan fingerprint density at radius 3 is 3.44 bits per heavy atom. The van der Waals surface area contributed by atoms with Crippen LogP contribution in [0.15, 0.2) is 23.9 Å². The number of fused-ring (bicyclic) bond motifs is 1. The van der Waals surface area contributed by atoms with Gasteiger partial charge in [-0.05, 0) is 0 Å². The highest BCUT2D eigenvalue weighted by atomic mass is 127. The number of aliphatic imine (C=N–C) groups is 1. The zero-order chi connectivity index (χ0) is 6.10. The number of amidine groups is 1. The molecule has 0 atom stereocenters. The highest BCUT2D eigenvalue weighted by Gasteiger charge is 2.10. The molecule has 0 aliphatic carbocycles. The van der Waals surface area contributed by atoms with Crippen molar-refractivity contribution in [1.29, 1.82) is 0 Å². The molecular weight excluding hydrogens is 231 g/mol. The van der Waals surface area contributed by atoms with Gasteiger partial charge < -0.3 is 0 Å². The third-order valence-corrected chi connectivity index (χ3v) is 2.33. The maximum absolute atomic E-state index is 4.14. The zero-order valence-corrected chi connectivity index (χ0v) is 6.56. The summed E-state index contributed by atoms with van der Waals surface area (Å²) in [6.45, 7) is 0. The summed E-state index contributed by atoms with van der Waals surface area (Å²) in [5.74, 6) is 0.880. The van der Waals surface area contributed by atoms with E-state index in [9.17, 15) is 0 Å². The maximum Gasteiger partial charge on any atom is 0.179 e. The summed E-state index contributed by atoms with van der Waals surface area (Å²) in [7, 11) is 0. The van der Waals surface area contributed by atoms with Gasteiger partial charge in [0, 0.05) is 12.4 Å². The van der Waals surface area contributed by atoms with Gasteiger partial charge in [-0.3, -0.25) is 4.99 Å². The highest BCUT2D eigenvalue weighted by Crippen LogP contribution is 2.17. The molecular formula is C4H3IN4. The summed E-state index contributed by atoms with van der Waals surface area (Å²) >= 11 is -0.315. The number of nitrogens with zero attached hydrogens (tertiary/aromatic N) is 4. The summed E-state index contributed by atoms with van der Waals surface area (Å²) in [6, 6.07) is 0. The summed E-state index contributed by atoms with van der Waals surface area (Å²) in [4.78, 5) is 3.90. The number of hydrogen-bond acceptors (Lipinski definition) is 4. The van der Waals surface area contributed by atoms with E-state index in [1.165, 1.54) is 0 Å². The minimum Gasteiger partial charge on any atom is -0.259 e. The van der Waals surface area contributed by atoms with Gasteiger partial charge in [-0.1, -0.05) is 0 Å². The SMILES string of the molecule is C1=CN2N=IN=C2C=N1. The van der Waals surface area contributed by atoms with Crippen LogP contribution in [0, 0.1) is 0 Å². The van der Waals surface area contributed by atoms with Crippen molar-refractivity contribution in [3.8, 4) is 0 Å². The number of rotatable bonds is 0. The topological polar surface area (TPSA) is 40.3 Å². The molecule has 4 nitrogen and oxygen atoms in total. The molecule has 46 valence electrons. The molecule has 0 fully saturated rings. The lowest BCUT2D eigenvalue weighted by atomic mass is 10.5. The first-order chi connectivity index (χ1) is 4.47. The fourth-order valence-electron chi connectivity index (χ4n) is 0.563. The van der Waals surface area contributed by atoms with E-state index >= 15 is 0 Å². The van der Waals surface area contributed by atoms with Crippen LogP contribution in [0.2, 0.25) is 0 Å². The van der Waals surface area contributed by atoms with Crippen molar-refractivity contribution in [3.05, 3.63) is 12.4 Å². The Morgan fingerprint density at radius 1 is 1.56 bits per heavy atom. The van der Waals surface area contributed by atoms with Crippen molar-refractivity contribution in [2.75, 3.05) is 0 Å². The average molecular weight is 234 g/mol. The lowest BCUT2D eigenvalue weighted by Crippen LogP contribution is -2.19. The maximum atomic E-state index is 4.14.